The summed E-state index contributed by atoms with van der Waals surface area (Å²) in [4.78, 5) is 15.5. The maximum absolute atomic E-state index is 16.5. The molecular formula is C33H38BrF2N3O4S. The number of piperidine rings is 1. The van der Waals surface area contributed by atoms with Crippen LogP contribution < -0.4 is 10.5 Å². The predicted octanol–water partition coefficient (Wildman–Crippen LogP) is 6.58. The van der Waals surface area contributed by atoms with Gasteiger partial charge >= 0.3 is 0 Å². The van der Waals surface area contributed by atoms with Gasteiger partial charge in [0, 0.05) is 35.2 Å². The zero-order valence-electron chi connectivity index (χ0n) is 24.7. The van der Waals surface area contributed by atoms with Crippen molar-refractivity contribution in [1.29, 1.82) is 0 Å². The van der Waals surface area contributed by atoms with E-state index in [1.165, 1.54) is 47.7 Å². The third-order valence-electron chi connectivity index (χ3n) is 9.51. The molecule has 1 amide bonds. The largest absolute Gasteiger partial charge is 0.490 e. The second kappa shape index (κ2) is 12.3. The van der Waals surface area contributed by atoms with Gasteiger partial charge in [0.05, 0.1) is 11.0 Å². The molecule has 0 aromatic heterocycles. The first-order valence-electron chi connectivity index (χ1n) is 15.4. The Kier molecular flexibility index (Phi) is 8.78. The van der Waals surface area contributed by atoms with E-state index < -0.39 is 33.5 Å². The van der Waals surface area contributed by atoms with Crippen LogP contribution in [0.3, 0.4) is 0 Å². The number of rotatable bonds is 8. The molecule has 6 rings (SSSR count). The monoisotopic (exact) mass is 689 g/mol. The SMILES string of the molecule is CN([C@H](C(=O)N1C2CCC1CC(N)C2)C(F)(F)c1ccc(Br)cc1)S(=O)(=O)c1ccc2cc(OC3CCCCC3)ccc2c1. The van der Waals surface area contributed by atoms with Crippen LogP contribution in [0.2, 0.25) is 0 Å². The lowest BCUT2D eigenvalue weighted by atomic mass is 9.94. The Bertz CT molecular complexity index is 1620. The minimum Gasteiger partial charge on any atom is -0.490 e. The van der Waals surface area contributed by atoms with E-state index in [2.05, 4.69) is 15.9 Å². The van der Waals surface area contributed by atoms with Gasteiger partial charge in [-0.2, -0.15) is 13.1 Å². The second-order valence-electron chi connectivity index (χ2n) is 12.5. The van der Waals surface area contributed by atoms with Gasteiger partial charge in [0.25, 0.3) is 5.92 Å². The molecule has 3 atom stereocenters. The predicted molar refractivity (Wildman–Crippen MR) is 169 cm³/mol. The van der Waals surface area contributed by atoms with Crippen molar-refractivity contribution in [1.82, 2.24) is 9.21 Å². The molecule has 3 aromatic carbocycles. The Morgan fingerprint density at radius 1 is 0.955 bits per heavy atom. The summed E-state index contributed by atoms with van der Waals surface area (Å²) in [6.45, 7) is 0. The number of hydrogen-bond acceptors (Lipinski definition) is 5. The Labute approximate surface area is 265 Å². The molecule has 2 saturated heterocycles. The number of benzene rings is 3. The number of carbonyl (C=O) groups excluding carboxylic acids is 1. The van der Waals surface area contributed by atoms with E-state index in [4.69, 9.17) is 10.5 Å². The lowest BCUT2D eigenvalue weighted by Crippen LogP contribution is -2.61. The lowest BCUT2D eigenvalue weighted by Gasteiger charge is -2.42. The zero-order valence-corrected chi connectivity index (χ0v) is 27.1. The van der Waals surface area contributed by atoms with Crippen LogP contribution in [-0.4, -0.2) is 60.8 Å². The van der Waals surface area contributed by atoms with Gasteiger partial charge in [0.1, 0.15) is 5.75 Å². The van der Waals surface area contributed by atoms with Gasteiger partial charge < -0.3 is 15.4 Å². The zero-order chi connectivity index (χ0) is 31.2. The second-order valence-corrected chi connectivity index (χ2v) is 15.4. The molecule has 7 nitrogen and oxygen atoms in total. The molecule has 3 fully saturated rings. The van der Waals surface area contributed by atoms with Gasteiger partial charge in [-0.1, -0.05) is 46.6 Å². The molecule has 2 aliphatic heterocycles. The highest BCUT2D eigenvalue weighted by Crippen LogP contribution is 2.42. The van der Waals surface area contributed by atoms with E-state index in [-0.39, 0.29) is 29.1 Å². The molecule has 3 aliphatic rings. The van der Waals surface area contributed by atoms with E-state index in [1.54, 1.807) is 12.1 Å². The minimum atomic E-state index is -4.53. The number of carbonyl (C=O) groups is 1. The molecule has 2 unspecified atom stereocenters. The highest BCUT2D eigenvalue weighted by molar-refractivity contribution is 9.10. The number of sulfonamides is 1. The number of alkyl halides is 2. The molecule has 1 saturated carbocycles. The van der Waals surface area contributed by atoms with Crippen LogP contribution >= 0.6 is 15.9 Å². The number of hydrogen-bond donors (Lipinski definition) is 1. The smallest absolute Gasteiger partial charge is 0.298 e. The van der Waals surface area contributed by atoms with Gasteiger partial charge in [0.2, 0.25) is 15.9 Å². The van der Waals surface area contributed by atoms with E-state index in [0.29, 0.717) is 45.6 Å². The number of likely N-dealkylation sites (N-methyl/N-ethyl adjacent to an activating group) is 1. The van der Waals surface area contributed by atoms with Crippen molar-refractivity contribution in [2.75, 3.05) is 7.05 Å². The Balaban J connectivity index is 1.34. The molecular weight excluding hydrogens is 652 g/mol. The average Bonchev–Trinajstić information content (AvgIpc) is 3.28. The third kappa shape index (κ3) is 6.00. The molecule has 0 radical (unpaired) electrons. The molecule has 2 bridgehead atoms. The third-order valence-corrected chi connectivity index (χ3v) is 11.9. The van der Waals surface area contributed by atoms with Crippen molar-refractivity contribution < 1.29 is 26.7 Å². The van der Waals surface area contributed by atoms with E-state index in [1.807, 2.05) is 12.1 Å². The minimum absolute atomic E-state index is 0.116. The number of halogens is 3. The molecule has 2 heterocycles. The Morgan fingerprint density at radius 3 is 2.23 bits per heavy atom. The summed E-state index contributed by atoms with van der Waals surface area (Å²) in [5, 5.41) is 1.40. The summed E-state index contributed by atoms with van der Waals surface area (Å²) in [6, 6.07) is 12.3. The molecule has 11 heteroatoms. The first-order chi connectivity index (χ1) is 20.9. The van der Waals surface area contributed by atoms with Gasteiger partial charge in [-0.05, 0) is 98.5 Å². The molecule has 236 valence electrons. The van der Waals surface area contributed by atoms with Crippen molar-refractivity contribution in [3.05, 3.63) is 70.7 Å². The van der Waals surface area contributed by atoms with Gasteiger partial charge in [0.15, 0.2) is 6.04 Å². The Morgan fingerprint density at radius 2 is 1.57 bits per heavy atom. The molecule has 2 N–H and O–H groups in total. The summed E-state index contributed by atoms with van der Waals surface area (Å²) in [6.07, 6.45) is 8.03. The molecule has 1 aliphatic carbocycles. The standard InChI is InChI=1S/C33H38BrF2N3O4S/c1-38(44(41,42)30-16-8-21-17-29(15-7-22(21)18-30)43-28-5-3-2-4-6-28)31(33(35,36)23-9-11-24(34)12-10-23)32(40)39-26-13-14-27(39)20-25(37)19-26/h7-12,15-18,25-28,31H,2-6,13-14,19-20,37H2,1H3/t25?,26?,27?,31-/m1/s1. The summed E-state index contributed by atoms with van der Waals surface area (Å²) >= 11 is 3.26. The summed E-state index contributed by atoms with van der Waals surface area (Å²) in [7, 11) is -3.45. The summed E-state index contributed by atoms with van der Waals surface area (Å²) < 4.78 is 68.4. The molecule has 3 aromatic rings. The van der Waals surface area contributed by atoms with Crippen molar-refractivity contribution in [3.63, 3.8) is 0 Å². The maximum atomic E-state index is 16.5. The summed E-state index contributed by atoms with van der Waals surface area (Å²) in [5.41, 5.74) is 5.75. The number of nitrogens with two attached hydrogens (primary N) is 1. The fourth-order valence-electron chi connectivity index (χ4n) is 7.21. The first kappa shape index (κ1) is 31.4. The highest BCUT2D eigenvalue weighted by atomic mass is 79.9. The van der Waals surface area contributed by atoms with Crippen molar-refractivity contribution in [2.24, 2.45) is 5.73 Å². The van der Waals surface area contributed by atoms with E-state index in [9.17, 15) is 13.2 Å². The molecule has 0 spiro atoms. The van der Waals surface area contributed by atoms with Gasteiger partial charge in [-0.25, -0.2) is 8.42 Å². The summed E-state index contributed by atoms with van der Waals surface area (Å²) in [5.74, 6) is -4.00. The average molecular weight is 691 g/mol. The first-order valence-corrected chi connectivity index (χ1v) is 17.6. The fourth-order valence-corrected chi connectivity index (χ4v) is 8.82. The van der Waals surface area contributed by atoms with Crippen LogP contribution in [0.15, 0.2) is 70.0 Å². The van der Waals surface area contributed by atoms with Crippen LogP contribution in [0, 0.1) is 0 Å². The van der Waals surface area contributed by atoms with Crippen molar-refractivity contribution >= 4 is 42.6 Å². The van der Waals surface area contributed by atoms with Crippen molar-refractivity contribution in [2.45, 2.75) is 98.9 Å². The normalized spacial score (nSPS) is 23.7. The lowest BCUT2D eigenvalue weighted by molar-refractivity contribution is -0.154. The number of nitrogens with zero attached hydrogens (tertiary/aromatic N) is 2. The topological polar surface area (TPSA) is 92.9 Å². The van der Waals surface area contributed by atoms with Crippen LogP contribution in [0.5, 0.6) is 5.75 Å². The van der Waals surface area contributed by atoms with Crippen LogP contribution in [0.25, 0.3) is 10.8 Å². The number of fused-ring (bicyclic) bond motifs is 3. The maximum Gasteiger partial charge on any atom is 0.298 e. The van der Waals surface area contributed by atoms with Gasteiger partial charge in [-0.3, -0.25) is 4.79 Å². The highest BCUT2D eigenvalue weighted by Gasteiger charge is 2.56. The van der Waals surface area contributed by atoms with Gasteiger partial charge in [-0.15, -0.1) is 0 Å². The van der Waals surface area contributed by atoms with Crippen molar-refractivity contribution in [3.8, 4) is 5.75 Å². The van der Waals surface area contributed by atoms with Crippen LogP contribution in [0.1, 0.15) is 63.4 Å². The van der Waals surface area contributed by atoms with E-state index in [0.717, 1.165) is 38.1 Å². The molecule has 44 heavy (non-hydrogen) atoms. The number of ether oxygens (including phenoxy) is 1. The Hall–Kier alpha value is -2.60. The van der Waals surface area contributed by atoms with Crippen LogP contribution in [0.4, 0.5) is 8.78 Å². The van der Waals surface area contributed by atoms with Crippen LogP contribution in [-0.2, 0) is 20.7 Å². The van der Waals surface area contributed by atoms with E-state index >= 15 is 8.78 Å². The quantitative estimate of drug-likeness (QED) is 0.289. The fraction of sp³-hybridized carbons (Fsp3) is 0.485. The number of amides is 1.